The molecule has 2 rings (SSSR count). The number of esters is 1. The Bertz CT molecular complexity index is 704. The summed E-state index contributed by atoms with van der Waals surface area (Å²) >= 11 is 0. The van der Waals surface area contributed by atoms with Gasteiger partial charge in [0.1, 0.15) is 0 Å². The lowest BCUT2D eigenvalue weighted by Crippen LogP contribution is -2.85. The summed E-state index contributed by atoms with van der Waals surface area (Å²) in [5, 5.41) is 10.4. The van der Waals surface area contributed by atoms with Crippen LogP contribution in [0.4, 0.5) is 0 Å². The van der Waals surface area contributed by atoms with Crippen LogP contribution in [0.5, 0.6) is 0 Å². The van der Waals surface area contributed by atoms with Crippen molar-refractivity contribution in [3.05, 3.63) is 35.9 Å². The first kappa shape index (κ1) is 23.3. The summed E-state index contributed by atoms with van der Waals surface area (Å²) in [6.07, 6.45) is 0. The Balaban J connectivity index is 2.86. The van der Waals surface area contributed by atoms with Crippen molar-refractivity contribution in [1.29, 1.82) is 5.26 Å². The van der Waals surface area contributed by atoms with E-state index in [1.165, 1.54) is 0 Å². The Morgan fingerprint density at radius 3 is 1.83 bits per heavy atom. The smallest absolute Gasteiger partial charge is 0.333 e. The molecule has 7 heteroatoms. The lowest BCUT2D eigenvalue weighted by atomic mass is 9.48. The van der Waals surface area contributed by atoms with E-state index in [1.54, 1.807) is 20.8 Å². The molecule has 29 heavy (non-hydrogen) atoms. The maximum atomic E-state index is 13.3. The van der Waals surface area contributed by atoms with E-state index in [0.29, 0.717) is 5.56 Å². The zero-order valence-electron chi connectivity index (χ0n) is 17.9. The van der Waals surface area contributed by atoms with Gasteiger partial charge in [0.25, 0.3) is 5.79 Å². The molecule has 1 aromatic rings. The zero-order chi connectivity index (χ0) is 21.5. The maximum absolute atomic E-state index is 13.3. The van der Waals surface area contributed by atoms with Gasteiger partial charge in [0.05, 0.1) is 18.6 Å². The fraction of sp³-hybridized carbons (Fsp3) is 0.636. The van der Waals surface area contributed by atoms with Crippen LogP contribution in [0.1, 0.15) is 46.1 Å². The SMILES string of the molecule is CCOC(=O)[C@@]1(C#N)[C@@H](c2ccccc2)C(OCC)(OCC)C1(OCC)OCC. The van der Waals surface area contributed by atoms with E-state index in [0.717, 1.165) is 0 Å². The fourth-order valence-corrected chi connectivity index (χ4v) is 4.36. The van der Waals surface area contributed by atoms with Crippen molar-refractivity contribution >= 4 is 5.97 Å². The quantitative estimate of drug-likeness (QED) is 0.412. The molecular weight excluding hydrogens is 374 g/mol. The highest BCUT2D eigenvalue weighted by atomic mass is 16.8. The number of hydrogen-bond donors (Lipinski definition) is 0. The Labute approximate surface area is 172 Å². The van der Waals surface area contributed by atoms with Crippen LogP contribution in [0.2, 0.25) is 0 Å². The molecule has 0 N–H and O–H groups in total. The van der Waals surface area contributed by atoms with Crippen molar-refractivity contribution in [3.8, 4) is 6.07 Å². The van der Waals surface area contributed by atoms with Gasteiger partial charge in [-0.3, -0.25) is 4.79 Å². The predicted molar refractivity (Wildman–Crippen MR) is 106 cm³/mol. The summed E-state index contributed by atoms with van der Waals surface area (Å²) in [5.41, 5.74) is -1.10. The van der Waals surface area contributed by atoms with Crippen molar-refractivity contribution in [2.24, 2.45) is 5.41 Å². The highest BCUT2D eigenvalue weighted by molar-refractivity contribution is 5.86. The number of ether oxygens (including phenoxy) is 5. The summed E-state index contributed by atoms with van der Waals surface area (Å²) in [6.45, 7) is 9.92. The summed E-state index contributed by atoms with van der Waals surface area (Å²) in [5.74, 6) is -4.80. The largest absolute Gasteiger partial charge is 0.465 e. The first-order valence-corrected chi connectivity index (χ1v) is 10.2. The van der Waals surface area contributed by atoms with Crippen LogP contribution in [0.25, 0.3) is 0 Å². The van der Waals surface area contributed by atoms with Crippen molar-refractivity contribution in [2.75, 3.05) is 33.0 Å². The topological polar surface area (TPSA) is 87.0 Å². The van der Waals surface area contributed by atoms with E-state index in [9.17, 15) is 10.1 Å². The van der Waals surface area contributed by atoms with Crippen molar-refractivity contribution in [3.63, 3.8) is 0 Å². The Hall–Kier alpha value is -1.98. The second-order valence-corrected chi connectivity index (χ2v) is 6.50. The first-order valence-electron chi connectivity index (χ1n) is 10.2. The lowest BCUT2D eigenvalue weighted by Gasteiger charge is -2.67. The molecule has 0 bridgehead atoms. The molecular formula is C22H31NO6. The molecule has 0 unspecified atom stereocenters. The summed E-state index contributed by atoms with van der Waals surface area (Å²) in [6, 6.07) is 11.4. The van der Waals surface area contributed by atoms with Crippen LogP contribution in [-0.4, -0.2) is 50.6 Å². The minimum absolute atomic E-state index is 0.119. The monoisotopic (exact) mass is 405 g/mol. The first-order chi connectivity index (χ1) is 14.0. The molecule has 160 valence electrons. The summed E-state index contributed by atoms with van der Waals surface area (Å²) in [7, 11) is 0. The number of rotatable bonds is 11. The van der Waals surface area contributed by atoms with Crippen LogP contribution in [0.3, 0.4) is 0 Å². The van der Waals surface area contributed by atoms with Gasteiger partial charge in [-0.2, -0.15) is 5.26 Å². The summed E-state index contributed by atoms with van der Waals surface area (Å²) < 4.78 is 29.8. The third-order valence-corrected chi connectivity index (χ3v) is 5.11. The van der Waals surface area contributed by atoms with E-state index >= 15 is 0 Å². The number of benzene rings is 1. The molecule has 1 aliphatic rings. The normalized spacial score (nSPS) is 24.3. The van der Waals surface area contributed by atoms with Gasteiger partial charge in [-0.15, -0.1) is 0 Å². The number of nitriles is 1. The molecule has 0 aliphatic heterocycles. The standard InChI is InChI=1S/C22H31NO6/c1-6-25-19(24)20(16-23)18(17-14-12-11-13-15-17)21(26-7-2,27-8-3)22(20,28-9-4)29-10-5/h11-15,18H,6-10H2,1-5H3/t18-,20-/m1/s1. The molecule has 1 fully saturated rings. The number of carbonyl (C=O) groups excluding carboxylic acids is 1. The molecule has 0 aromatic heterocycles. The van der Waals surface area contributed by atoms with Crippen molar-refractivity contribution in [1.82, 2.24) is 0 Å². The lowest BCUT2D eigenvalue weighted by molar-refractivity contribution is -0.499. The molecule has 2 atom stereocenters. The molecule has 7 nitrogen and oxygen atoms in total. The van der Waals surface area contributed by atoms with Crippen LogP contribution in [0, 0.1) is 16.7 Å². The van der Waals surface area contributed by atoms with E-state index in [2.05, 4.69) is 6.07 Å². The van der Waals surface area contributed by atoms with Gasteiger partial charge in [-0.05, 0) is 40.2 Å². The van der Waals surface area contributed by atoms with Crippen molar-refractivity contribution < 1.29 is 28.5 Å². The second kappa shape index (κ2) is 9.68. The van der Waals surface area contributed by atoms with Gasteiger partial charge in [-0.1, -0.05) is 30.3 Å². The van der Waals surface area contributed by atoms with Gasteiger partial charge in [0.2, 0.25) is 11.2 Å². The third-order valence-electron chi connectivity index (χ3n) is 5.11. The van der Waals surface area contributed by atoms with Crippen LogP contribution < -0.4 is 0 Å². The van der Waals surface area contributed by atoms with E-state index < -0.39 is 28.9 Å². The van der Waals surface area contributed by atoms with E-state index in [-0.39, 0.29) is 33.0 Å². The molecule has 0 amide bonds. The molecule has 0 radical (unpaired) electrons. The fourth-order valence-electron chi connectivity index (χ4n) is 4.36. The second-order valence-electron chi connectivity index (χ2n) is 6.50. The zero-order valence-corrected chi connectivity index (χ0v) is 17.9. The Morgan fingerprint density at radius 1 is 0.897 bits per heavy atom. The minimum atomic E-state index is -1.80. The number of hydrogen-bond acceptors (Lipinski definition) is 7. The number of carbonyl (C=O) groups is 1. The molecule has 1 saturated carbocycles. The third kappa shape index (κ3) is 3.24. The molecule has 1 aliphatic carbocycles. The summed E-state index contributed by atoms with van der Waals surface area (Å²) in [4.78, 5) is 13.3. The minimum Gasteiger partial charge on any atom is -0.465 e. The van der Waals surface area contributed by atoms with Gasteiger partial charge >= 0.3 is 5.97 Å². The molecule has 0 saturated heterocycles. The van der Waals surface area contributed by atoms with Gasteiger partial charge in [-0.25, -0.2) is 0 Å². The Morgan fingerprint density at radius 2 is 1.41 bits per heavy atom. The Kier molecular flexibility index (Phi) is 7.78. The molecule has 0 heterocycles. The highest BCUT2D eigenvalue weighted by Crippen LogP contribution is 2.70. The molecule has 1 aromatic carbocycles. The van der Waals surface area contributed by atoms with E-state index in [4.69, 9.17) is 23.7 Å². The van der Waals surface area contributed by atoms with E-state index in [1.807, 2.05) is 44.2 Å². The van der Waals surface area contributed by atoms with Crippen LogP contribution in [-0.2, 0) is 28.5 Å². The van der Waals surface area contributed by atoms with Gasteiger partial charge in [0, 0.05) is 26.4 Å². The maximum Gasteiger partial charge on any atom is 0.333 e. The number of nitrogens with zero attached hydrogens (tertiary/aromatic N) is 1. The van der Waals surface area contributed by atoms with Crippen LogP contribution >= 0.6 is 0 Å². The molecule has 0 spiro atoms. The average Bonchev–Trinajstić information content (AvgIpc) is 2.72. The van der Waals surface area contributed by atoms with Gasteiger partial charge < -0.3 is 23.7 Å². The van der Waals surface area contributed by atoms with Crippen molar-refractivity contribution in [2.45, 2.75) is 52.1 Å². The average molecular weight is 405 g/mol. The van der Waals surface area contributed by atoms with Gasteiger partial charge in [0.15, 0.2) is 0 Å². The predicted octanol–water partition coefficient (Wildman–Crippen LogP) is 3.40. The van der Waals surface area contributed by atoms with Crippen LogP contribution in [0.15, 0.2) is 30.3 Å². The highest BCUT2D eigenvalue weighted by Gasteiger charge is 2.90.